The highest BCUT2D eigenvalue weighted by atomic mass is 19.4. The molecule has 0 saturated carbocycles. The minimum Gasteiger partial charge on any atom is -0.370 e. The number of alkyl halides is 3. The Morgan fingerprint density at radius 1 is 0.959 bits per heavy atom. The lowest BCUT2D eigenvalue weighted by atomic mass is 9.84. The average molecular weight is 683 g/mol. The quantitative estimate of drug-likeness (QED) is 0.0712. The van der Waals surface area contributed by atoms with Crippen LogP contribution >= 0.6 is 0 Å². The number of rotatable bonds is 11. The maximum Gasteiger partial charge on any atom is 0.416 e. The van der Waals surface area contributed by atoms with Crippen LogP contribution in [0.2, 0.25) is 0 Å². The number of halogens is 3. The average Bonchev–Trinajstić information content (AvgIpc) is 3.44. The molecular formula is C37H53F3N8O. The lowest BCUT2D eigenvalue weighted by Crippen LogP contribution is -2.23. The number of aromatic amines is 1. The van der Waals surface area contributed by atoms with E-state index in [1.54, 1.807) is 4.57 Å². The summed E-state index contributed by atoms with van der Waals surface area (Å²) in [4.78, 5) is 23.9. The molecule has 0 aliphatic carbocycles. The number of fused-ring (bicyclic) bond motifs is 1. The van der Waals surface area contributed by atoms with Crippen LogP contribution in [-0.4, -0.2) is 40.1 Å². The summed E-state index contributed by atoms with van der Waals surface area (Å²) in [5.41, 5.74) is 20.0. The number of aryl methyl sites for hydroxylation is 1. The first-order chi connectivity index (χ1) is 22.8. The van der Waals surface area contributed by atoms with Crippen molar-refractivity contribution in [3.63, 3.8) is 0 Å². The van der Waals surface area contributed by atoms with Crippen LogP contribution in [0.15, 0.2) is 64.5 Å². The molecule has 0 amide bonds. The Balaban J connectivity index is 0.000000286. The topological polar surface area (TPSA) is 153 Å². The van der Waals surface area contributed by atoms with Gasteiger partial charge >= 0.3 is 11.9 Å². The van der Waals surface area contributed by atoms with Gasteiger partial charge in [0.25, 0.3) is 0 Å². The molecule has 2 aromatic heterocycles. The van der Waals surface area contributed by atoms with Gasteiger partial charge in [0, 0.05) is 35.8 Å². The summed E-state index contributed by atoms with van der Waals surface area (Å²) in [6, 6.07) is 14.3. The van der Waals surface area contributed by atoms with E-state index in [1.165, 1.54) is 12.1 Å². The number of nitrogens with zero attached hydrogens (tertiary/aromatic N) is 3. The van der Waals surface area contributed by atoms with Gasteiger partial charge in [0.05, 0.1) is 11.3 Å². The van der Waals surface area contributed by atoms with E-state index >= 15 is 0 Å². The van der Waals surface area contributed by atoms with Gasteiger partial charge < -0.3 is 27.5 Å². The van der Waals surface area contributed by atoms with Crippen molar-refractivity contribution in [1.29, 1.82) is 0 Å². The number of nitrogens with two attached hydrogens (primary N) is 3. The van der Waals surface area contributed by atoms with Crippen molar-refractivity contribution in [3.8, 4) is 5.69 Å². The molecule has 0 spiro atoms. The highest BCUT2D eigenvalue weighted by Crippen LogP contribution is 2.34. The summed E-state index contributed by atoms with van der Waals surface area (Å²) in [7, 11) is 0. The second kappa shape index (κ2) is 16.5. The van der Waals surface area contributed by atoms with Crippen LogP contribution in [0.4, 0.5) is 13.2 Å². The summed E-state index contributed by atoms with van der Waals surface area (Å²) >= 11 is 0. The molecule has 0 bridgehead atoms. The Bertz CT molecular complexity index is 1710. The summed E-state index contributed by atoms with van der Waals surface area (Å²) in [6.45, 7) is 16.9. The van der Waals surface area contributed by atoms with Crippen molar-refractivity contribution >= 4 is 17.0 Å². The number of aromatic nitrogens is 3. The van der Waals surface area contributed by atoms with Crippen molar-refractivity contribution in [2.45, 2.75) is 91.3 Å². The van der Waals surface area contributed by atoms with E-state index in [2.05, 4.69) is 47.1 Å². The van der Waals surface area contributed by atoms with E-state index in [9.17, 15) is 18.0 Å². The van der Waals surface area contributed by atoms with E-state index in [1.807, 2.05) is 64.2 Å². The van der Waals surface area contributed by atoms with E-state index in [0.717, 1.165) is 59.4 Å². The fourth-order valence-electron chi connectivity index (χ4n) is 4.97. The third-order valence-corrected chi connectivity index (χ3v) is 8.18. The van der Waals surface area contributed by atoms with Gasteiger partial charge in [-0.25, -0.2) is 4.79 Å². The molecule has 12 heteroatoms. The number of nitrogens with one attached hydrogen (secondary N) is 2. The molecule has 9 nitrogen and oxygen atoms in total. The largest absolute Gasteiger partial charge is 0.416 e. The molecule has 4 rings (SSSR count). The van der Waals surface area contributed by atoms with Crippen LogP contribution in [0.5, 0.6) is 0 Å². The maximum atomic E-state index is 13.0. The van der Waals surface area contributed by atoms with Crippen LogP contribution in [0, 0.1) is 5.92 Å². The Labute approximate surface area is 287 Å². The summed E-state index contributed by atoms with van der Waals surface area (Å²) in [5, 5.41) is 4.27. The number of H-pyrrole nitrogens is 1. The van der Waals surface area contributed by atoms with Crippen molar-refractivity contribution in [3.05, 3.63) is 93.2 Å². The zero-order valence-electron chi connectivity index (χ0n) is 29.8. The van der Waals surface area contributed by atoms with Crippen LogP contribution < -0.4 is 28.2 Å². The molecule has 2 heterocycles. The summed E-state index contributed by atoms with van der Waals surface area (Å²) in [5.74, 6) is 0.445. The summed E-state index contributed by atoms with van der Waals surface area (Å²) < 4.78 is 40.5. The van der Waals surface area contributed by atoms with Gasteiger partial charge in [-0.3, -0.25) is 9.56 Å². The number of hydrogen-bond donors (Lipinski definition) is 5. The Morgan fingerprint density at radius 2 is 1.61 bits per heavy atom. The molecule has 268 valence electrons. The van der Waals surface area contributed by atoms with E-state index in [4.69, 9.17) is 17.2 Å². The molecular weight excluding hydrogens is 629 g/mol. The number of benzene rings is 2. The molecule has 2 aromatic carbocycles. The van der Waals surface area contributed by atoms with Crippen LogP contribution in [0.1, 0.15) is 89.3 Å². The zero-order chi connectivity index (χ0) is 36.6. The smallest absolute Gasteiger partial charge is 0.370 e. The van der Waals surface area contributed by atoms with Crippen molar-refractivity contribution in [2.75, 3.05) is 19.6 Å². The monoisotopic (exact) mass is 682 g/mol. The zero-order valence-corrected chi connectivity index (χ0v) is 29.8. The lowest BCUT2D eigenvalue weighted by Gasteiger charge is -2.22. The molecule has 0 aliphatic heterocycles. The minimum absolute atomic E-state index is 0.0352. The molecule has 49 heavy (non-hydrogen) atoms. The molecule has 8 N–H and O–H groups in total. The molecule has 0 unspecified atom stereocenters. The van der Waals surface area contributed by atoms with Crippen LogP contribution in [0.3, 0.4) is 0 Å². The predicted octanol–water partition coefficient (Wildman–Crippen LogP) is 6.29. The normalized spacial score (nSPS) is 12.8. The molecule has 0 fully saturated rings. The lowest BCUT2D eigenvalue weighted by molar-refractivity contribution is -0.137. The van der Waals surface area contributed by atoms with Crippen molar-refractivity contribution in [2.24, 2.45) is 28.1 Å². The van der Waals surface area contributed by atoms with Gasteiger partial charge in [-0.2, -0.15) is 18.2 Å². The molecule has 0 aliphatic rings. The van der Waals surface area contributed by atoms with Gasteiger partial charge in [0.1, 0.15) is 5.65 Å². The first-order valence-corrected chi connectivity index (χ1v) is 16.7. The third kappa shape index (κ3) is 12.0. The maximum absolute atomic E-state index is 13.0. The van der Waals surface area contributed by atoms with Crippen molar-refractivity contribution in [1.82, 2.24) is 19.9 Å². The van der Waals surface area contributed by atoms with Gasteiger partial charge in [0.2, 0.25) is 0 Å². The third-order valence-electron chi connectivity index (χ3n) is 8.18. The number of hydrogen-bond acceptors (Lipinski definition) is 5. The number of guanidine groups is 1. The van der Waals surface area contributed by atoms with E-state index in [-0.39, 0.29) is 22.5 Å². The van der Waals surface area contributed by atoms with Gasteiger partial charge in [0.15, 0.2) is 5.96 Å². The van der Waals surface area contributed by atoms with Gasteiger partial charge in [-0.1, -0.05) is 66.7 Å². The SMILES string of the molecule is CC(C)(C)c1cc2cn(-c3ccc(CNCCCN=C(N)N)cc3)c(=O)nc2[nH]1.C[C@H](CN)CCc1cc(C(C)(C)C)cc(C(F)(F)F)c1. The first-order valence-electron chi connectivity index (χ1n) is 16.7. The Kier molecular flexibility index (Phi) is 13.2. The van der Waals surface area contributed by atoms with Crippen LogP contribution in [0.25, 0.3) is 16.7 Å². The van der Waals surface area contributed by atoms with Gasteiger partial charge in [-0.05, 0) is 90.7 Å². The number of aliphatic imine (C=N–C) groups is 1. The molecule has 4 aromatic rings. The molecule has 1 atom stereocenters. The Morgan fingerprint density at radius 3 is 2.18 bits per heavy atom. The van der Waals surface area contributed by atoms with E-state index in [0.29, 0.717) is 31.1 Å². The molecule has 0 radical (unpaired) electrons. The standard InChI is InChI=1S/C21H29N7O.C16H24F3N/c1-21(2,3)17-11-15-13-28(20(29)27-18(15)26-17)16-7-5-14(6-8-16)12-24-9-4-10-25-19(22)23;1-11(10-20)5-6-12-7-13(15(2,3)4)9-14(8-12)16(17,18)19/h5-8,11,13,24H,4,9-10,12H2,1-3H3,(H4,22,23,25)(H,26,27,29);7-9,11H,5-6,10,20H2,1-4H3/t;11-/m.0/s1. The highest BCUT2D eigenvalue weighted by molar-refractivity contribution is 5.76. The van der Waals surface area contributed by atoms with Crippen molar-refractivity contribution < 1.29 is 13.2 Å². The Hall–Kier alpha value is -4.16. The fourth-order valence-corrected chi connectivity index (χ4v) is 4.97. The van der Waals surface area contributed by atoms with E-state index < -0.39 is 11.7 Å². The predicted molar refractivity (Wildman–Crippen MR) is 194 cm³/mol. The second-order valence-corrected chi connectivity index (χ2v) is 14.7. The molecule has 0 saturated heterocycles. The van der Waals surface area contributed by atoms with Gasteiger partial charge in [-0.15, -0.1) is 0 Å². The van der Waals surface area contributed by atoms with Crippen LogP contribution in [-0.2, 0) is 30.0 Å². The highest BCUT2D eigenvalue weighted by Gasteiger charge is 2.32. The second-order valence-electron chi connectivity index (χ2n) is 14.7. The summed E-state index contributed by atoms with van der Waals surface area (Å²) in [6.07, 6.45) is -0.153. The first kappa shape index (κ1) is 39.3. The fraction of sp³-hybridized carbons (Fsp3) is 0.486. The minimum atomic E-state index is -4.30.